The average molecular weight is 1180 g/mol. The number of nitrogens with one attached hydrogen (secondary N) is 1. The molecule has 0 radical (unpaired) electrons. The summed E-state index contributed by atoms with van der Waals surface area (Å²) in [5, 5.41) is 14.0. The fourth-order valence-corrected chi connectivity index (χ4v) is 11.9. The maximum Gasteiger partial charge on any atom is 0.268 e. The van der Waals surface area contributed by atoms with E-state index < -0.39 is 20.0 Å². The van der Waals surface area contributed by atoms with E-state index in [4.69, 9.17) is 9.05 Å². The first-order valence-electron chi connectivity index (χ1n) is 36.4. The first-order valence-corrected chi connectivity index (χ1v) is 37.8. The first kappa shape index (κ1) is 80.7. The second kappa shape index (κ2) is 64.2. The van der Waals surface area contributed by atoms with Crippen LogP contribution in [0.2, 0.25) is 0 Å². The molecule has 9 heteroatoms. The molecule has 82 heavy (non-hydrogen) atoms. The van der Waals surface area contributed by atoms with Crippen molar-refractivity contribution in [3.05, 3.63) is 36.5 Å². The maximum atomic E-state index is 13.0. The molecular formula is C73H143N2O6P. The van der Waals surface area contributed by atoms with E-state index in [-0.39, 0.29) is 19.1 Å². The minimum Gasteiger partial charge on any atom is -0.756 e. The van der Waals surface area contributed by atoms with Gasteiger partial charge in [0.1, 0.15) is 13.2 Å². The van der Waals surface area contributed by atoms with Gasteiger partial charge in [-0.15, -0.1) is 0 Å². The van der Waals surface area contributed by atoms with Gasteiger partial charge in [-0.2, -0.15) is 0 Å². The van der Waals surface area contributed by atoms with Gasteiger partial charge in [0.05, 0.1) is 39.9 Å². The standard InChI is InChI=1S/C73H143N2O6P/c1-6-8-10-12-14-16-18-20-22-24-26-28-29-30-31-32-33-34-35-36-37-38-39-40-41-42-43-44-45-47-49-51-53-55-57-59-61-63-65-67-73(77)74-71(70-81-82(78,79)80-69-68-75(3,4)5)72(76)66-64-62-60-58-56-54-52-50-48-46-27-25-23-21-19-17-15-13-11-9-7-2/h33-34,36-37,64,66,71-72,76H,6-32,35,38-63,65,67-70H2,1-5H3,(H-,74,77,78,79)/b34-33-,37-36-,66-64+. The molecule has 0 aromatic rings. The normalized spacial score (nSPS) is 13.8. The Morgan fingerprint density at radius 1 is 0.427 bits per heavy atom. The van der Waals surface area contributed by atoms with Gasteiger partial charge in [0.25, 0.3) is 7.82 Å². The highest BCUT2D eigenvalue weighted by Crippen LogP contribution is 2.38. The number of carbonyl (C=O) groups is 1. The van der Waals surface area contributed by atoms with Crippen molar-refractivity contribution in [3.63, 3.8) is 0 Å². The predicted octanol–water partition coefficient (Wildman–Crippen LogP) is 22.6. The zero-order valence-electron chi connectivity index (χ0n) is 55.7. The quantitative estimate of drug-likeness (QED) is 0.0272. The summed E-state index contributed by atoms with van der Waals surface area (Å²) in [6.45, 7) is 4.71. The van der Waals surface area contributed by atoms with Crippen molar-refractivity contribution in [1.82, 2.24) is 5.32 Å². The highest BCUT2D eigenvalue weighted by Gasteiger charge is 2.23. The van der Waals surface area contributed by atoms with Crippen LogP contribution in [0.3, 0.4) is 0 Å². The highest BCUT2D eigenvalue weighted by molar-refractivity contribution is 7.45. The second-order valence-corrected chi connectivity index (χ2v) is 27.7. The number of allylic oxidation sites excluding steroid dienone is 5. The lowest BCUT2D eigenvalue weighted by Gasteiger charge is -2.29. The molecule has 0 saturated heterocycles. The second-order valence-electron chi connectivity index (χ2n) is 26.3. The third kappa shape index (κ3) is 66.2. The monoisotopic (exact) mass is 1180 g/mol. The van der Waals surface area contributed by atoms with Crippen molar-refractivity contribution >= 4 is 13.7 Å². The Bertz CT molecular complexity index is 1430. The largest absolute Gasteiger partial charge is 0.756 e. The van der Waals surface area contributed by atoms with Crippen LogP contribution < -0.4 is 10.2 Å². The van der Waals surface area contributed by atoms with Crippen molar-refractivity contribution in [2.75, 3.05) is 40.9 Å². The number of phosphoric ester groups is 1. The molecule has 0 spiro atoms. The molecule has 0 aliphatic carbocycles. The number of quaternary nitrogens is 1. The van der Waals surface area contributed by atoms with Crippen LogP contribution in [0.15, 0.2) is 36.5 Å². The van der Waals surface area contributed by atoms with Gasteiger partial charge in [-0.1, -0.05) is 352 Å². The lowest BCUT2D eigenvalue weighted by molar-refractivity contribution is -0.870. The molecule has 0 aromatic carbocycles. The van der Waals surface area contributed by atoms with Crippen LogP contribution >= 0.6 is 7.82 Å². The molecule has 0 bridgehead atoms. The maximum absolute atomic E-state index is 13.0. The van der Waals surface area contributed by atoms with Gasteiger partial charge >= 0.3 is 0 Å². The number of amides is 1. The summed E-state index contributed by atoms with van der Waals surface area (Å²) in [5.74, 6) is -0.191. The van der Waals surface area contributed by atoms with Gasteiger partial charge in [0.2, 0.25) is 5.91 Å². The topological polar surface area (TPSA) is 108 Å². The Labute approximate surface area is 512 Å². The van der Waals surface area contributed by atoms with Crippen LogP contribution in [0.25, 0.3) is 0 Å². The number of aliphatic hydroxyl groups excluding tert-OH is 1. The van der Waals surface area contributed by atoms with E-state index in [1.807, 2.05) is 27.2 Å². The molecule has 0 rings (SSSR count). The highest BCUT2D eigenvalue weighted by atomic mass is 31.2. The van der Waals surface area contributed by atoms with Crippen LogP contribution in [0.4, 0.5) is 0 Å². The van der Waals surface area contributed by atoms with Crippen molar-refractivity contribution < 1.29 is 32.9 Å². The van der Waals surface area contributed by atoms with Crippen LogP contribution in [0, 0.1) is 0 Å². The molecule has 0 saturated carbocycles. The van der Waals surface area contributed by atoms with Gasteiger partial charge in [0.15, 0.2) is 0 Å². The zero-order chi connectivity index (χ0) is 59.8. The van der Waals surface area contributed by atoms with E-state index in [9.17, 15) is 19.4 Å². The van der Waals surface area contributed by atoms with E-state index in [0.717, 1.165) is 44.9 Å². The lowest BCUT2D eigenvalue weighted by Crippen LogP contribution is -2.45. The molecule has 3 atom stereocenters. The molecule has 8 nitrogen and oxygen atoms in total. The summed E-state index contributed by atoms with van der Waals surface area (Å²) in [6.07, 6.45) is 85.7. The minimum absolute atomic E-state index is 0.000725. The number of carbonyl (C=O) groups excluding carboxylic acids is 1. The van der Waals surface area contributed by atoms with E-state index in [0.29, 0.717) is 17.4 Å². The molecule has 0 fully saturated rings. The number of phosphoric acid groups is 1. The smallest absolute Gasteiger partial charge is 0.268 e. The Balaban J connectivity index is 3.95. The summed E-state index contributed by atoms with van der Waals surface area (Å²) < 4.78 is 23.5. The van der Waals surface area contributed by atoms with Gasteiger partial charge in [-0.05, 0) is 51.4 Å². The van der Waals surface area contributed by atoms with Gasteiger partial charge in [-0.25, -0.2) is 0 Å². The fourth-order valence-electron chi connectivity index (χ4n) is 11.2. The molecule has 0 aromatic heterocycles. The van der Waals surface area contributed by atoms with Crippen molar-refractivity contribution in [3.8, 4) is 0 Å². The lowest BCUT2D eigenvalue weighted by atomic mass is 10.0. The molecule has 3 unspecified atom stereocenters. The molecule has 0 aliphatic rings. The Morgan fingerprint density at radius 3 is 1.01 bits per heavy atom. The number of hydrogen-bond donors (Lipinski definition) is 2. The number of unbranched alkanes of at least 4 members (excludes halogenated alkanes) is 51. The number of rotatable bonds is 68. The van der Waals surface area contributed by atoms with Crippen LogP contribution in [-0.2, 0) is 18.4 Å². The summed E-state index contributed by atoms with van der Waals surface area (Å²) in [7, 11) is 1.28. The molecule has 1 amide bonds. The zero-order valence-corrected chi connectivity index (χ0v) is 56.6. The summed E-state index contributed by atoms with van der Waals surface area (Å²) in [6, 6.07) is -0.887. The minimum atomic E-state index is -4.60. The van der Waals surface area contributed by atoms with E-state index in [1.165, 1.54) is 308 Å². The number of aliphatic hydroxyl groups is 1. The first-order chi connectivity index (χ1) is 40.0. The predicted molar refractivity (Wildman–Crippen MR) is 358 cm³/mol. The van der Waals surface area contributed by atoms with Crippen molar-refractivity contribution in [1.29, 1.82) is 0 Å². The molecule has 2 N–H and O–H groups in total. The molecule has 0 aliphatic heterocycles. The SMILES string of the molecule is CCCCCCCCCCCCCCCCC/C=C\C/C=C\CCCCCCCCCCCCCCCCCCCC(=O)NC(COP(=O)([O-])OCC[N+](C)(C)C)C(O)/C=C/CCCCCCCCCCCCCCCCCCCCC. The van der Waals surface area contributed by atoms with Crippen LogP contribution in [0.1, 0.15) is 373 Å². The third-order valence-electron chi connectivity index (χ3n) is 16.8. The van der Waals surface area contributed by atoms with Crippen molar-refractivity contribution in [2.24, 2.45) is 0 Å². The van der Waals surface area contributed by atoms with Crippen LogP contribution in [0.5, 0.6) is 0 Å². The fraction of sp³-hybridized carbons (Fsp3) is 0.904. The van der Waals surface area contributed by atoms with Crippen LogP contribution in [-0.4, -0.2) is 68.5 Å². The Morgan fingerprint density at radius 2 is 0.707 bits per heavy atom. The summed E-state index contributed by atoms with van der Waals surface area (Å²) >= 11 is 0. The average Bonchev–Trinajstić information content (AvgIpc) is 3.46. The molecule has 0 heterocycles. The Hall–Kier alpha value is -1.28. The molecule has 486 valence electrons. The van der Waals surface area contributed by atoms with E-state index in [1.54, 1.807) is 6.08 Å². The van der Waals surface area contributed by atoms with E-state index >= 15 is 0 Å². The third-order valence-corrected chi connectivity index (χ3v) is 17.8. The summed E-state index contributed by atoms with van der Waals surface area (Å²) in [5.41, 5.74) is 0. The number of hydrogen-bond acceptors (Lipinski definition) is 6. The number of nitrogens with zero attached hydrogens (tertiary/aromatic N) is 1. The van der Waals surface area contributed by atoms with E-state index in [2.05, 4.69) is 43.5 Å². The van der Waals surface area contributed by atoms with Gasteiger partial charge in [-0.3, -0.25) is 9.36 Å². The van der Waals surface area contributed by atoms with Gasteiger partial charge < -0.3 is 28.8 Å². The van der Waals surface area contributed by atoms with Crippen molar-refractivity contribution in [2.45, 2.75) is 386 Å². The van der Waals surface area contributed by atoms with Gasteiger partial charge in [0, 0.05) is 6.42 Å². The summed E-state index contributed by atoms with van der Waals surface area (Å²) in [4.78, 5) is 25.6. The Kier molecular flexibility index (Phi) is 63.2. The number of likely N-dealkylation sites (N-methyl/N-ethyl adjacent to an activating group) is 1. The molecular weight excluding hydrogens is 1030 g/mol.